The maximum Gasteiger partial charge on any atom is 0.410 e. The second-order valence-electron chi connectivity index (χ2n) is 20.8. The predicted octanol–water partition coefficient (Wildman–Crippen LogP) is 8.28. The summed E-state index contributed by atoms with van der Waals surface area (Å²) >= 11 is 0. The summed E-state index contributed by atoms with van der Waals surface area (Å²) in [5, 5.41) is 6.53. The van der Waals surface area contributed by atoms with Gasteiger partial charge in [-0.1, -0.05) is 24.3 Å². The molecule has 0 N–H and O–H groups in total. The average molecular weight is 931 g/mol. The fourth-order valence-electron chi connectivity index (χ4n) is 10.9. The number of carbonyl (C=O) groups excluding carboxylic acids is 2. The Hall–Kier alpha value is -5.58. The lowest BCUT2D eigenvalue weighted by atomic mass is 9.88. The molecule has 2 aromatic heterocycles. The molecule has 5 aromatic rings. The number of fused-ring (bicyclic) bond motifs is 4. The molecule has 5 aliphatic heterocycles. The van der Waals surface area contributed by atoms with E-state index in [0.29, 0.717) is 87.7 Å². The molecule has 360 valence electrons. The van der Waals surface area contributed by atoms with Gasteiger partial charge in [-0.2, -0.15) is 15.1 Å². The van der Waals surface area contributed by atoms with Gasteiger partial charge in [-0.3, -0.25) is 9.69 Å². The molecular formula is C52H63FN8O7. The van der Waals surface area contributed by atoms with Crippen LogP contribution in [0.15, 0.2) is 42.6 Å². The maximum absolute atomic E-state index is 16.7. The molecule has 16 heteroatoms. The summed E-state index contributed by atoms with van der Waals surface area (Å²) in [5.41, 5.74) is 5.71. The standard InChI is InChI=1S/C52H63FN8O7/c1-31-41(53)24-42-40(25-54-61(42)44-8-6-7-19-65-44)45(31)46-38(34-13-14-34)23-39-47(48(46)66-30-33-11-9-32(10-12-33)26-58-18-17-57(5)29-43(58)62)55-50(67-37-15-20-64-21-16-37)56-49(39)59-27-36-22-35(59)28-60(36)51(63)68-52(2,3)4/h9-12,23-25,34-37,44H,6-8,13-22,26-30H2,1-5H3/t35-,36-,44?/m0/s1. The minimum absolute atomic E-state index is 0.00689. The van der Waals surface area contributed by atoms with E-state index in [1.165, 1.54) is 0 Å². The fraction of sp³-hybridized carbons (Fsp3) is 0.558. The molecule has 7 heterocycles. The van der Waals surface area contributed by atoms with Gasteiger partial charge < -0.3 is 38.4 Å². The number of rotatable bonds is 11. The normalized spacial score (nSPS) is 22.8. The first-order chi connectivity index (χ1) is 32.8. The number of nitrogens with zero attached hydrogens (tertiary/aromatic N) is 8. The van der Waals surface area contributed by atoms with E-state index in [1.807, 2.05) is 60.3 Å². The molecule has 5 saturated heterocycles. The summed E-state index contributed by atoms with van der Waals surface area (Å²) < 4.78 is 50.2. The number of hydrogen-bond donors (Lipinski definition) is 0. The number of hydrogen-bond acceptors (Lipinski definition) is 12. The quantitative estimate of drug-likeness (QED) is 0.126. The molecular weight excluding hydrogens is 868 g/mol. The zero-order chi connectivity index (χ0) is 46.8. The van der Waals surface area contributed by atoms with Gasteiger partial charge in [-0.15, -0.1) is 0 Å². The Labute approximate surface area is 396 Å². The summed E-state index contributed by atoms with van der Waals surface area (Å²) in [6.07, 6.45) is 8.07. The second kappa shape index (κ2) is 18.1. The van der Waals surface area contributed by atoms with Crippen molar-refractivity contribution in [2.75, 3.05) is 64.5 Å². The van der Waals surface area contributed by atoms with Crippen molar-refractivity contribution >= 4 is 39.6 Å². The number of benzene rings is 3. The summed E-state index contributed by atoms with van der Waals surface area (Å²) in [7, 11) is 1.97. The molecule has 1 saturated carbocycles. The molecule has 68 heavy (non-hydrogen) atoms. The van der Waals surface area contributed by atoms with Crippen LogP contribution in [0.4, 0.5) is 15.0 Å². The fourth-order valence-corrected chi connectivity index (χ4v) is 10.9. The summed E-state index contributed by atoms with van der Waals surface area (Å²) in [6, 6.07) is 12.2. The van der Waals surface area contributed by atoms with Gasteiger partial charge in [0.25, 0.3) is 0 Å². The van der Waals surface area contributed by atoms with Crippen LogP contribution in [-0.2, 0) is 32.2 Å². The number of likely N-dealkylation sites (tertiary alicyclic amines) is 1. The van der Waals surface area contributed by atoms with Crippen molar-refractivity contribution in [3.8, 4) is 22.9 Å². The number of ether oxygens (including phenoxy) is 5. The zero-order valence-electron chi connectivity index (χ0n) is 40.0. The lowest BCUT2D eigenvalue weighted by molar-refractivity contribution is -0.136. The van der Waals surface area contributed by atoms with Gasteiger partial charge in [-0.05, 0) is 108 Å². The highest BCUT2D eigenvalue weighted by atomic mass is 19.1. The smallest absolute Gasteiger partial charge is 0.410 e. The van der Waals surface area contributed by atoms with E-state index in [-0.39, 0.29) is 60.8 Å². The number of likely N-dealkylation sites (N-methyl/N-ethyl adjacent to an activating group) is 1. The summed E-state index contributed by atoms with van der Waals surface area (Å²) in [4.78, 5) is 44.9. The topological polar surface area (TPSA) is 137 Å². The van der Waals surface area contributed by atoms with Crippen molar-refractivity contribution in [1.29, 1.82) is 0 Å². The van der Waals surface area contributed by atoms with E-state index in [4.69, 9.17) is 38.8 Å². The molecule has 6 aliphatic rings. The van der Waals surface area contributed by atoms with Gasteiger partial charge >= 0.3 is 12.1 Å². The molecule has 0 radical (unpaired) electrons. The molecule has 1 unspecified atom stereocenters. The summed E-state index contributed by atoms with van der Waals surface area (Å²) in [5.74, 6) is 1.27. The average Bonchev–Trinajstić information content (AvgIpc) is 3.76. The van der Waals surface area contributed by atoms with Gasteiger partial charge in [0, 0.05) is 80.1 Å². The molecule has 3 aromatic carbocycles. The maximum atomic E-state index is 16.7. The van der Waals surface area contributed by atoms with E-state index in [0.717, 1.165) is 89.5 Å². The van der Waals surface area contributed by atoms with Crippen LogP contribution in [-0.4, -0.2) is 130 Å². The van der Waals surface area contributed by atoms with Crippen molar-refractivity contribution in [2.24, 2.45) is 0 Å². The summed E-state index contributed by atoms with van der Waals surface area (Å²) in [6.45, 7) is 13.1. The van der Waals surface area contributed by atoms with E-state index < -0.39 is 5.60 Å². The highest BCUT2D eigenvalue weighted by Gasteiger charge is 2.48. The Bertz CT molecular complexity index is 2720. The van der Waals surface area contributed by atoms with Crippen molar-refractivity contribution < 1.29 is 37.7 Å². The SMILES string of the molecule is Cc1c(F)cc2c(cnn2C2CCCCO2)c1-c1c(C2CC2)cc2c(N3C[C@@H]4C[C@H]3CN4C(=O)OC(C)(C)C)nc(OC3CCOCC3)nc2c1OCc1ccc(CN2CCN(C)CC2=O)cc1. The minimum Gasteiger partial charge on any atom is -0.486 e. The van der Waals surface area contributed by atoms with Crippen LogP contribution in [0, 0.1) is 12.7 Å². The number of halogens is 1. The second-order valence-corrected chi connectivity index (χ2v) is 20.8. The Balaban J connectivity index is 1.05. The van der Waals surface area contributed by atoms with Crippen molar-refractivity contribution in [2.45, 2.75) is 128 Å². The van der Waals surface area contributed by atoms with Crippen molar-refractivity contribution in [3.63, 3.8) is 0 Å². The molecule has 0 spiro atoms. The van der Waals surface area contributed by atoms with E-state index in [9.17, 15) is 9.59 Å². The molecule has 1 aliphatic carbocycles. The van der Waals surface area contributed by atoms with Gasteiger partial charge in [0.05, 0.1) is 43.6 Å². The van der Waals surface area contributed by atoms with Gasteiger partial charge in [0.1, 0.15) is 35.5 Å². The van der Waals surface area contributed by atoms with Crippen molar-refractivity contribution in [3.05, 3.63) is 70.7 Å². The van der Waals surface area contributed by atoms with Crippen LogP contribution in [0.1, 0.15) is 107 Å². The number of aromatic nitrogens is 4. The highest BCUT2D eigenvalue weighted by molar-refractivity contribution is 6.06. The third-order valence-corrected chi connectivity index (χ3v) is 14.6. The van der Waals surface area contributed by atoms with Crippen LogP contribution in [0.5, 0.6) is 11.8 Å². The van der Waals surface area contributed by atoms with Gasteiger partial charge in [0.2, 0.25) is 5.91 Å². The lowest BCUT2D eigenvalue weighted by Crippen LogP contribution is -2.50. The largest absolute Gasteiger partial charge is 0.486 e. The first-order valence-electron chi connectivity index (χ1n) is 24.7. The predicted molar refractivity (Wildman–Crippen MR) is 254 cm³/mol. The van der Waals surface area contributed by atoms with Crippen molar-refractivity contribution in [1.82, 2.24) is 34.4 Å². The molecule has 6 fully saturated rings. The minimum atomic E-state index is -0.605. The van der Waals surface area contributed by atoms with Gasteiger partial charge in [-0.25, -0.2) is 13.9 Å². The van der Waals surface area contributed by atoms with Crippen LogP contribution in [0.25, 0.3) is 32.9 Å². The van der Waals surface area contributed by atoms with E-state index >= 15 is 4.39 Å². The van der Waals surface area contributed by atoms with Crippen LogP contribution in [0.2, 0.25) is 0 Å². The molecule has 15 nitrogen and oxygen atoms in total. The molecule has 3 atom stereocenters. The monoisotopic (exact) mass is 930 g/mol. The van der Waals surface area contributed by atoms with Crippen LogP contribution in [0.3, 0.4) is 0 Å². The number of piperazine rings is 2. The number of anilines is 1. The highest BCUT2D eigenvalue weighted by Crippen LogP contribution is 2.54. The Kier molecular flexibility index (Phi) is 11.9. The van der Waals surface area contributed by atoms with Crippen LogP contribution >= 0.6 is 0 Å². The van der Waals surface area contributed by atoms with Crippen LogP contribution < -0.4 is 14.4 Å². The third-order valence-electron chi connectivity index (χ3n) is 14.6. The number of amides is 2. The Morgan fingerprint density at radius 1 is 0.912 bits per heavy atom. The Morgan fingerprint density at radius 2 is 1.71 bits per heavy atom. The van der Waals surface area contributed by atoms with Gasteiger partial charge in [0.15, 0.2) is 12.0 Å². The third kappa shape index (κ3) is 8.83. The number of carbonyl (C=O) groups is 2. The molecule has 11 rings (SSSR count). The zero-order valence-corrected chi connectivity index (χ0v) is 40.0. The van der Waals surface area contributed by atoms with E-state index in [1.54, 1.807) is 6.07 Å². The first-order valence-corrected chi connectivity index (χ1v) is 24.7. The Morgan fingerprint density at radius 3 is 2.41 bits per heavy atom. The molecule has 2 amide bonds. The van der Waals surface area contributed by atoms with E-state index in [2.05, 4.69) is 35.2 Å². The molecule has 2 bridgehead atoms. The first kappa shape index (κ1) is 44.9. The lowest BCUT2D eigenvalue weighted by Gasteiger charge is -2.36.